The first kappa shape index (κ1) is 85.6. The molecule has 0 fully saturated rings. The van der Waals surface area contributed by atoms with E-state index in [9.17, 15) is 24.0 Å². The molecule has 0 aliphatic rings. The van der Waals surface area contributed by atoms with Gasteiger partial charge < -0.3 is 28.6 Å². The molecular weight excluding hydrogens is 1160 g/mol. The number of allylic oxidation sites excluding steroid dienone is 4. The maximum atomic E-state index is 12.9. The Balaban J connectivity index is 0.000000941. The van der Waals surface area contributed by atoms with Crippen LogP contribution in [0.3, 0.4) is 0 Å². The second-order valence-electron chi connectivity index (χ2n) is 26.4. The van der Waals surface area contributed by atoms with E-state index in [0.717, 1.165) is 115 Å². The van der Waals surface area contributed by atoms with Gasteiger partial charge in [-0.3, -0.25) is 9.59 Å². The van der Waals surface area contributed by atoms with Gasteiger partial charge in [-0.05, 0) is 159 Å². The highest BCUT2D eigenvalue weighted by Gasteiger charge is 2.22. The molecule has 0 N–H and O–H groups in total. The van der Waals surface area contributed by atoms with E-state index in [0.29, 0.717) is 63.5 Å². The van der Waals surface area contributed by atoms with Crippen LogP contribution < -0.4 is 0 Å². The van der Waals surface area contributed by atoms with Crippen LogP contribution in [0.1, 0.15) is 344 Å². The van der Waals surface area contributed by atoms with Crippen LogP contribution in [0.2, 0.25) is 0 Å². The van der Waals surface area contributed by atoms with Crippen LogP contribution in [-0.2, 0) is 46.1 Å². The van der Waals surface area contributed by atoms with Crippen LogP contribution in [0.15, 0.2) is 97.1 Å². The molecule has 93 heavy (non-hydrogen) atoms. The molecule has 0 saturated heterocycles. The fourth-order valence-electron chi connectivity index (χ4n) is 10.8. The number of aryl methyl sites for hydroxylation is 2. The Kier molecular flexibility index (Phi) is 57.6. The van der Waals surface area contributed by atoms with Crippen molar-refractivity contribution >= 4 is 30.0 Å². The summed E-state index contributed by atoms with van der Waals surface area (Å²) in [5.41, 5.74) is 3.05. The monoisotopic (exact) mass is 1290 g/mol. The topological polar surface area (TPSA) is 135 Å². The highest BCUT2D eigenvalue weighted by Crippen LogP contribution is 2.19. The zero-order valence-corrected chi connectivity index (χ0v) is 60.4. The van der Waals surface area contributed by atoms with Crippen LogP contribution in [-0.4, -0.2) is 80.0 Å². The molecule has 0 bridgehead atoms. The molecule has 2 rings (SSSR count). The normalized spacial score (nSPS) is 11.6. The van der Waals surface area contributed by atoms with Gasteiger partial charge in [0.25, 0.3) is 0 Å². The lowest BCUT2D eigenvalue weighted by Crippen LogP contribution is -2.38. The predicted octanol–water partition coefficient (Wildman–Crippen LogP) is 23.4. The third-order valence-electron chi connectivity index (χ3n) is 16.4. The van der Waals surface area contributed by atoms with Gasteiger partial charge in [-0.1, -0.05) is 261 Å². The van der Waals surface area contributed by atoms with Crippen molar-refractivity contribution in [3.05, 3.63) is 119 Å². The van der Waals surface area contributed by atoms with Crippen molar-refractivity contribution in [2.75, 3.05) is 39.5 Å². The molecule has 0 aromatic heterocycles. The molecule has 11 heteroatoms. The number of unbranched alkanes of at least 4 members (excludes halogenated alkanes) is 32. The molecule has 0 unspecified atom stereocenters. The summed E-state index contributed by atoms with van der Waals surface area (Å²) in [7, 11) is 0. The molecule has 0 atom stereocenters. The van der Waals surface area contributed by atoms with Crippen LogP contribution in [0.25, 0.3) is 0 Å². The molecular formula is C82H135NO10. The number of esters is 4. The van der Waals surface area contributed by atoms with Crippen LogP contribution >= 0.6 is 0 Å². The summed E-state index contributed by atoms with van der Waals surface area (Å²) in [5, 5.41) is 0. The van der Waals surface area contributed by atoms with Crippen molar-refractivity contribution in [2.45, 2.75) is 330 Å². The minimum absolute atomic E-state index is 0.0578. The van der Waals surface area contributed by atoms with Gasteiger partial charge >= 0.3 is 30.0 Å². The fraction of sp³-hybridized carbons (Fsp3) is 0.695. The number of amides is 1. The van der Waals surface area contributed by atoms with Gasteiger partial charge in [0.1, 0.15) is 32.0 Å². The van der Waals surface area contributed by atoms with Gasteiger partial charge in [0.15, 0.2) is 0 Å². The van der Waals surface area contributed by atoms with Crippen LogP contribution in [0.4, 0.5) is 4.79 Å². The lowest BCUT2D eigenvalue weighted by molar-refractivity contribution is -0.143. The summed E-state index contributed by atoms with van der Waals surface area (Å²) < 4.78 is 27.2. The number of nitrogens with zero attached hydrogens (tertiary/aromatic N) is 1. The Morgan fingerprint density at radius 3 is 1.00 bits per heavy atom. The molecule has 0 aliphatic heterocycles. The maximum Gasteiger partial charge on any atom is 0.410 e. The summed E-state index contributed by atoms with van der Waals surface area (Å²) >= 11 is 0. The zero-order valence-electron chi connectivity index (χ0n) is 60.4. The average Bonchev–Trinajstić information content (AvgIpc) is 2.48. The molecule has 0 saturated carbocycles. The van der Waals surface area contributed by atoms with Gasteiger partial charge in [-0.15, -0.1) is 0 Å². The molecule has 2 aromatic carbocycles. The van der Waals surface area contributed by atoms with Crippen molar-refractivity contribution < 1.29 is 47.7 Å². The van der Waals surface area contributed by atoms with Crippen molar-refractivity contribution in [2.24, 2.45) is 0 Å². The first-order valence-corrected chi connectivity index (χ1v) is 37.7. The van der Waals surface area contributed by atoms with E-state index < -0.39 is 5.60 Å². The summed E-state index contributed by atoms with van der Waals surface area (Å²) in [6, 6.07) is 15.6. The van der Waals surface area contributed by atoms with Crippen molar-refractivity contribution in [3.63, 3.8) is 0 Å². The van der Waals surface area contributed by atoms with E-state index in [1.165, 1.54) is 160 Å². The Hall–Kier alpha value is -5.45. The lowest BCUT2D eigenvalue weighted by Gasteiger charge is -2.27. The first-order valence-electron chi connectivity index (χ1n) is 37.7. The highest BCUT2D eigenvalue weighted by atomic mass is 16.6. The highest BCUT2D eigenvalue weighted by molar-refractivity contribution is 5.90. The van der Waals surface area contributed by atoms with Gasteiger partial charge in [-0.2, -0.15) is 0 Å². The first-order chi connectivity index (χ1) is 45.3. The number of hydrogen-bond acceptors (Lipinski definition) is 10. The Labute approximate surface area is 568 Å². The molecule has 0 spiro atoms. The molecule has 1 amide bonds. The number of hydrogen-bond donors (Lipinski definition) is 0. The van der Waals surface area contributed by atoms with Gasteiger partial charge in [0, 0.05) is 25.9 Å². The summed E-state index contributed by atoms with van der Waals surface area (Å²) in [6.07, 6.45) is 64.2. The molecule has 2 aromatic rings. The second kappa shape index (κ2) is 62.7. The lowest BCUT2D eigenvalue weighted by atomic mass is 10.0. The quantitative estimate of drug-likeness (QED) is 0.0273. The summed E-state index contributed by atoms with van der Waals surface area (Å²) in [4.78, 5) is 63.5. The Morgan fingerprint density at radius 2 is 0.656 bits per heavy atom. The maximum absolute atomic E-state index is 12.9. The van der Waals surface area contributed by atoms with E-state index in [-0.39, 0.29) is 30.0 Å². The third-order valence-corrected chi connectivity index (χ3v) is 16.4. The van der Waals surface area contributed by atoms with E-state index in [1.807, 2.05) is 86.4 Å². The fourth-order valence-corrected chi connectivity index (χ4v) is 10.8. The predicted molar refractivity (Wildman–Crippen MR) is 389 cm³/mol. The molecule has 0 heterocycles. The van der Waals surface area contributed by atoms with E-state index >= 15 is 0 Å². The number of carbonyl (C=O) groups is 5. The SMILES string of the molecule is CCCCCC/C=C\COC(=O)CCCCCCCCCCCCCc1cccc(C(=O)OC/C=C\CCCCCC)c1.CCCCCC/C=C\COC(=O)CCCCCCCN(CCCCCc1cccc(C(=O)OC/C=C\CCCCCC)c1)C(=O)OC(C)(C)C. The molecule has 0 radical (unpaired) electrons. The van der Waals surface area contributed by atoms with E-state index in [4.69, 9.17) is 23.7 Å². The minimum Gasteiger partial charge on any atom is -0.461 e. The smallest absolute Gasteiger partial charge is 0.410 e. The minimum atomic E-state index is -0.537. The summed E-state index contributed by atoms with van der Waals surface area (Å²) in [6.45, 7) is 17.3. The molecule has 528 valence electrons. The van der Waals surface area contributed by atoms with Gasteiger partial charge in [0.2, 0.25) is 0 Å². The zero-order chi connectivity index (χ0) is 67.8. The molecule has 0 aliphatic carbocycles. The number of carbonyl (C=O) groups excluding carboxylic acids is 5. The largest absolute Gasteiger partial charge is 0.461 e. The van der Waals surface area contributed by atoms with E-state index in [2.05, 4.69) is 64.1 Å². The van der Waals surface area contributed by atoms with Gasteiger partial charge in [0.05, 0.1) is 11.1 Å². The molecule has 11 nitrogen and oxygen atoms in total. The Bertz CT molecular complexity index is 2260. The number of benzene rings is 2. The van der Waals surface area contributed by atoms with Crippen molar-refractivity contribution in [1.82, 2.24) is 4.90 Å². The number of ether oxygens (including phenoxy) is 5. The average molecular weight is 1290 g/mol. The van der Waals surface area contributed by atoms with Gasteiger partial charge in [-0.25, -0.2) is 14.4 Å². The Morgan fingerprint density at radius 1 is 0.355 bits per heavy atom. The van der Waals surface area contributed by atoms with Crippen LogP contribution in [0, 0.1) is 0 Å². The number of rotatable bonds is 58. The summed E-state index contributed by atoms with van der Waals surface area (Å²) in [5.74, 6) is -0.701. The van der Waals surface area contributed by atoms with Crippen molar-refractivity contribution in [3.8, 4) is 0 Å². The van der Waals surface area contributed by atoms with Crippen LogP contribution in [0.5, 0.6) is 0 Å². The van der Waals surface area contributed by atoms with E-state index in [1.54, 1.807) is 0 Å². The van der Waals surface area contributed by atoms with Crippen molar-refractivity contribution in [1.29, 1.82) is 0 Å². The third kappa shape index (κ3) is 55.5. The second-order valence-corrected chi connectivity index (χ2v) is 26.4. The standard InChI is InChI=1S/C43H71NO6.C39H64O4/c1-6-8-10-12-14-19-26-35-48-40(45)32-23-17-16-18-24-33-44(42(47)50-43(3,4)5)34-25-21-22-29-38-30-28-31-39(37-38)41(46)49-36-27-20-15-13-11-9-7-2;1-3-5-7-9-18-22-26-33-42-38(40)32-25-21-17-15-13-11-12-14-16-20-24-29-36-30-28-31-37(35-36)39(41)43-34-27-23-19-10-8-6-4-2/h19-20,26-28,30-31,37H,6-18,21-25,29,32-36H2,1-5H3;22-23,26-28,30-31,35H,3-21,24-25,29,32-34H2,1-2H3/b26-19-,27-20-;26-22-,27-23-.